The van der Waals surface area contributed by atoms with Gasteiger partial charge in [-0.25, -0.2) is 0 Å². The molecule has 1 aromatic carbocycles. The SMILES string of the molecule is CCCCC(N)c1nc(-c2cc(OC)cc(OC)c2)no1. The third-order valence-corrected chi connectivity index (χ3v) is 3.24. The van der Waals surface area contributed by atoms with Gasteiger partial charge in [0.25, 0.3) is 0 Å². The van der Waals surface area contributed by atoms with Crippen molar-refractivity contribution >= 4 is 0 Å². The van der Waals surface area contributed by atoms with Gasteiger partial charge in [-0.3, -0.25) is 0 Å². The number of nitrogens with zero attached hydrogens (tertiary/aromatic N) is 2. The van der Waals surface area contributed by atoms with E-state index in [4.69, 9.17) is 19.7 Å². The van der Waals surface area contributed by atoms with Crippen LogP contribution in [0.15, 0.2) is 22.7 Å². The first-order valence-corrected chi connectivity index (χ1v) is 7.00. The first kappa shape index (κ1) is 15.3. The largest absolute Gasteiger partial charge is 0.497 e. The fourth-order valence-corrected chi connectivity index (χ4v) is 1.99. The summed E-state index contributed by atoms with van der Waals surface area (Å²) in [6.45, 7) is 2.12. The van der Waals surface area contributed by atoms with E-state index in [2.05, 4.69) is 17.1 Å². The summed E-state index contributed by atoms with van der Waals surface area (Å²) in [5, 5.41) is 3.99. The number of benzene rings is 1. The minimum atomic E-state index is -0.223. The molecule has 0 saturated heterocycles. The Morgan fingerprint density at radius 3 is 2.43 bits per heavy atom. The zero-order valence-electron chi connectivity index (χ0n) is 12.6. The molecule has 6 heteroatoms. The summed E-state index contributed by atoms with van der Waals surface area (Å²) in [4.78, 5) is 4.37. The highest BCUT2D eigenvalue weighted by Crippen LogP contribution is 2.29. The average Bonchev–Trinajstić information content (AvgIpc) is 3.02. The Morgan fingerprint density at radius 1 is 1.19 bits per heavy atom. The molecule has 0 radical (unpaired) electrons. The minimum absolute atomic E-state index is 0.223. The van der Waals surface area contributed by atoms with Crippen molar-refractivity contribution in [1.82, 2.24) is 10.1 Å². The van der Waals surface area contributed by atoms with Gasteiger partial charge in [0.05, 0.1) is 20.3 Å². The van der Waals surface area contributed by atoms with Gasteiger partial charge in [-0.2, -0.15) is 4.98 Å². The average molecular weight is 291 g/mol. The van der Waals surface area contributed by atoms with Crippen molar-refractivity contribution in [3.05, 3.63) is 24.1 Å². The van der Waals surface area contributed by atoms with Gasteiger partial charge in [-0.15, -0.1) is 0 Å². The Bertz CT molecular complexity index is 561. The first-order chi connectivity index (χ1) is 10.2. The number of aromatic nitrogens is 2. The van der Waals surface area contributed by atoms with E-state index < -0.39 is 0 Å². The number of hydrogen-bond acceptors (Lipinski definition) is 6. The molecule has 0 fully saturated rings. The molecule has 1 atom stereocenters. The van der Waals surface area contributed by atoms with Crippen molar-refractivity contribution in [2.75, 3.05) is 14.2 Å². The van der Waals surface area contributed by atoms with Gasteiger partial charge < -0.3 is 19.7 Å². The normalized spacial score (nSPS) is 12.2. The predicted octanol–water partition coefficient (Wildman–Crippen LogP) is 2.94. The summed E-state index contributed by atoms with van der Waals surface area (Å²) in [7, 11) is 3.20. The van der Waals surface area contributed by atoms with Gasteiger partial charge >= 0.3 is 0 Å². The van der Waals surface area contributed by atoms with Gasteiger partial charge in [-0.1, -0.05) is 24.9 Å². The standard InChI is InChI=1S/C15H21N3O3/c1-4-5-6-13(16)15-17-14(18-21-15)10-7-11(19-2)9-12(8-10)20-3/h7-9,13H,4-6,16H2,1-3H3. The molecule has 0 spiro atoms. The Kier molecular flexibility index (Phi) is 5.16. The second-order valence-corrected chi connectivity index (χ2v) is 4.81. The Hall–Kier alpha value is -2.08. The van der Waals surface area contributed by atoms with E-state index in [0.717, 1.165) is 24.8 Å². The summed E-state index contributed by atoms with van der Waals surface area (Å²) >= 11 is 0. The Labute approximate surface area is 124 Å². The van der Waals surface area contributed by atoms with Gasteiger partial charge in [-0.05, 0) is 18.6 Å². The molecule has 2 rings (SSSR count). The summed E-state index contributed by atoms with van der Waals surface area (Å²) in [5.74, 6) is 2.28. The van der Waals surface area contributed by atoms with E-state index in [-0.39, 0.29) is 6.04 Å². The van der Waals surface area contributed by atoms with E-state index in [1.54, 1.807) is 20.3 Å². The molecule has 1 unspecified atom stereocenters. The van der Waals surface area contributed by atoms with Crippen molar-refractivity contribution < 1.29 is 14.0 Å². The highest BCUT2D eigenvalue weighted by Gasteiger charge is 2.16. The third-order valence-electron chi connectivity index (χ3n) is 3.24. The van der Waals surface area contributed by atoms with Crippen LogP contribution in [-0.4, -0.2) is 24.4 Å². The van der Waals surface area contributed by atoms with Crippen molar-refractivity contribution in [2.24, 2.45) is 5.73 Å². The van der Waals surface area contributed by atoms with E-state index in [1.165, 1.54) is 0 Å². The second kappa shape index (κ2) is 7.08. The smallest absolute Gasteiger partial charge is 0.243 e. The Balaban J connectivity index is 2.24. The topological polar surface area (TPSA) is 83.4 Å². The third kappa shape index (κ3) is 3.72. The maximum atomic E-state index is 6.04. The predicted molar refractivity (Wildman–Crippen MR) is 79.3 cm³/mol. The van der Waals surface area contributed by atoms with Crippen LogP contribution in [0.25, 0.3) is 11.4 Å². The van der Waals surface area contributed by atoms with Crippen LogP contribution in [0.4, 0.5) is 0 Å². The zero-order valence-corrected chi connectivity index (χ0v) is 12.6. The number of nitrogens with two attached hydrogens (primary N) is 1. The molecule has 2 aromatic rings. The Morgan fingerprint density at radius 2 is 1.86 bits per heavy atom. The molecular formula is C15H21N3O3. The quantitative estimate of drug-likeness (QED) is 0.844. The molecule has 1 aromatic heterocycles. The minimum Gasteiger partial charge on any atom is -0.497 e. The first-order valence-electron chi connectivity index (χ1n) is 7.00. The molecule has 21 heavy (non-hydrogen) atoms. The fourth-order valence-electron chi connectivity index (χ4n) is 1.99. The number of unbranched alkanes of at least 4 members (excludes halogenated alkanes) is 1. The molecule has 0 bridgehead atoms. The molecular weight excluding hydrogens is 270 g/mol. The van der Waals surface area contributed by atoms with E-state index in [1.807, 2.05) is 12.1 Å². The molecule has 6 nitrogen and oxygen atoms in total. The van der Waals surface area contributed by atoms with Crippen molar-refractivity contribution in [3.63, 3.8) is 0 Å². The number of methoxy groups -OCH3 is 2. The molecule has 0 aliphatic carbocycles. The van der Waals surface area contributed by atoms with Crippen LogP contribution in [-0.2, 0) is 0 Å². The van der Waals surface area contributed by atoms with Crippen LogP contribution in [0, 0.1) is 0 Å². The van der Waals surface area contributed by atoms with Crippen LogP contribution in [0.5, 0.6) is 11.5 Å². The maximum absolute atomic E-state index is 6.04. The highest BCUT2D eigenvalue weighted by molar-refractivity contribution is 5.60. The molecule has 0 aliphatic heterocycles. The molecule has 114 valence electrons. The van der Waals surface area contributed by atoms with Crippen molar-refractivity contribution in [3.8, 4) is 22.9 Å². The summed E-state index contributed by atoms with van der Waals surface area (Å²) in [6, 6.07) is 5.22. The van der Waals surface area contributed by atoms with Crippen molar-refractivity contribution in [2.45, 2.75) is 32.2 Å². The van der Waals surface area contributed by atoms with Crippen LogP contribution in [0.1, 0.15) is 38.1 Å². The van der Waals surface area contributed by atoms with Gasteiger partial charge in [0.15, 0.2) is 0 Å². The molecule has 0 amide bonds. The monoisotopic (exact) mass is 291 g/mol. The molecule has 2 N–H and O–H groups in total. The lowest BCUT2D eigenvalue weighted by molar-refractivity contribution is 0.346. The second-order valence-electron chi connectivity index (χ2n) is 4.81. The highest BCUT2D eigenvalue weighted by atomic mass is 16.5. The van der Waals surface area contributed by atoms with Gasteiger partial charge in [0, 0.05) is 11.6 Å². The van der Waals surface area contributed by atoms with Crippen LogP contribution < -0.4 is 15.2 Å². The van der Waals surface area contributed by atoms with Crippen LogP contribution >= 0.6 is 0 Å². The van der Waals surface area contributed by atoms with Gasteiger partial charge in [0.2, 0.25) is 11.7 Å². The molecule has 0 aliphatic rings. The van der Waals surface area contributed by atoms with Crippen LogP contribution in [0.2, 0.25) is 0 Å². The van der Waals surface area contributed by atoms with E-state index in [0.29, 0.717) is 23.2 Å². The van der Waals surface area contributed by atoms with E-state index >= 15 is 0 Å². The lowest BCUT2D eigenvalue weighted by Gasteiger charge is -2.06. The van der Waals surface area contributed by atoms with Crippen LogP contribution in [0.3, 0.4) is 0 Å². The fraction of sp³-hybridized carbons (Fsp3) is 0.467. The number of hydrogen-bond donors (Lipinski definition) is 1. The lowest BCUT2D eigenvalue weighted by atomic mass is 10.1. The summed E-state index contributed by atoms with van der Waals surface area (Å²) < 4.78 is 15.7. The number of rotatable bonds is 7. The van der Waals surface area contributed by atoms with Gasteiger partial charge in [0.1, 0.15) is 11.5 Å². The maximum Gasteiger partial charge on any atom is 0.243 e. The number of ether oxygens (including phenoxy) is 2. The lowest BCUT2D eigenvalue weighted by Crippen LogP contribution is -2.10. The zero-order chi connectivity index (χ0) is 15.2. The summed E-state index contributed by atoms with van der Waals surface area (Å²) in [5.41, 5.74) is 6.81. The summed E-state index contributed by atoms with van der Waals surface area (Å²) in [6.07, 6.45) is 2.95. The molecule has 0 saturated carbocycles. The van der Waals surface area contributed by atoms with Crippen molar-refractivity contribution in [1.29, 1.82) is 0 Å². The van der Waals surface area contributed by atoms with E-state index in [9.17, 15) is 0 Å². The molecule has 1 heterocycles.